The fraction of sp³-hybridized carbons (Fsp3) is 0.0526. The number of aromatic nitrogens is 2. The van der Waals surface area contributed by atoms with Crippen molar-refractivity contribution < 1.29 is 4.79 Å². The van der Waals surface area contributed by atoms with Crippen LogP contribution >= 0.6 is 11.6 Å². The number of hydrogen-bond acceptors (Lipinski definition) is 2. The number of rotatable bonds is 3. The molecule has 0 spiro atoms. The Morgan fingerprint density at radius 1 is 1.04 bits per heavy atom. The molecule has 2 aromatic heterocycles. The van der Waals surface area contributed by atoms with Crippen LogP contribution < -0.4 is 5.32 Å². The molecular formula is C19H14ClN3O. The number of H-pyrrole nitrogens is 1. The Balaban J connectivity index is 1.61. The van der Waals surface area contributed by atoms with Crippen molar-refractivity contribution in [2.45, 2.75) is 6.54 Å². The molecule has 2 aromatic carbocycles. The molecule has 0 bridgehead atoms. The van der Waals surface area contributed by atoms with Crippen LogP contribution in [0.25, 0.3) is 21.8 Å². The normalized spacial score (nSPS) is 11.0. The molecule has 4 nitrogen and oxygen atoms in total. The lowest BCUT2D eigenvalue weighted by atomic mass is 10.1. The fourth-order valence-electron chi connectivity index (χ4n) is 2.79. The number of amides is 1. The average Bonchev–Trinajstić information content (AvgIpc) is 2.97. The molecule has 0 aliphatic carbocycles. The Morgan fingerprint density at radius 3 is 2.79 bits per heavy atom. The second kappa shape index (κ2) is 5.98. The Kier molecular flexibility index (Phi) is 3.67. The first-order valence-corrected chi connectivity index (χ1v) is 7.97. The molecule has 0 aliphatic heterocycles. The standard InChI is InChI=1S/C19H14ClN3O/c20-13-5-3-4-12(8-13)10-22-19(24)17-9-15-14-6-1-2-7-16(14)23-18(15)11-21-17/h1-9,11,23H,10H2,(H,22,24). The molecule has 0 atom stereocenters. The summed E-state index contributed by atoms with van der Waals surface area (Å²) in [5, 5.41) is 5.61. The van der Waals surface area contributed by atoms with Gasteiger partial charge in [0.1, 0.15) is 5.69 Å². The van der Waals surface area contributed by atoms with Crippen molar-refractivity contribution in [2.24, 2.45) is 0 Å². The minimum absolute atomic E-state index is 0.206. The fourth-order valence-corrected chi connectivity index (χ4v) is 3.01. The largest absolute Gasteiger partial charge is 0.353 e. The minimum Gasteiger partial charge on any atom is -0.353 e. The van der Waals surface area contributed by atoms with Crippen molar-refractivity contribution in [3.63, 3.8) is 0 Å². The van der Waals surface area contributed by atoms with Crippen LogP contribution in [0.5, 0.6) is 0 Å². The highest BCUT2D eigenvalue weighted by Gasteiger charge is 2.11. The van der Waals surface area contributed by atoms with Crippen LogP contribution in [0.15, 0.2) is 60.8 Å². The van der Waals surface area contributed by atoms with Gasteiger partial charge >= 0.3 is 0 Å². The monoisotopic (exact) mass is 335 g/mol. The van der Waals surface area contributed by atoms with Crippen LogP contribution in [-0.4, -0.2) is 15.9 Å². The highest BCUT2D eigenvalue weighted by atomic mass is 35.5. The van der Waals surface area contributed by atoms with Gasteiger partial charge in [-0.15, -0.1) is 0 Å². The van der Waals surface area contributed by atoms with Crippen molar-refractivity contribution >= 4 is 39.3 Å². The van der Waals surface area contributed by atoms with Crippen LogP contribution in [0.4, 0.5) is 0 Å². The summed E-state index contributed by atoms with van der Waals surface area (Å²) < 4.78 is 0. The van der Waals surface area contributed by atoms with Crippen molar-refractivity contribution in [2.75, 3.05) is 0 Å². The second-order valence-corrected chi connectivity index (χ2v) is 6.03. The van der Waals surface area contributed by atoms with E-state index in [1.165, 1.54) is 0 Å². The van der Waals surface area contributed by atoms with Gasteiger partial charge in [-0.3, -0.25) is 4.79 Å². The van der Waals surface area contributed by atoms with Crippen molar-refractivity contribution in [1.29, 1.82) is 0 Å². The van der Waals surface area contributed by atoms with Gasteiger partial charge in [-0.25, -0.2) is 4.98 Å². The maximum atomic E-state index is 12.4. The Morgan fingerprint density at radius 2 is 1.92 bits per heavy atom. The van der Waals surface area contributed by atoms with E-state index >= 15 is 0 Å². The highest BCUT2D eigenvalue weighted by molar-refractivity contribution is 6.30. The van der Waals surface area contributed by atoms with Crippen molar-refractivity contribution in [1.82, 2.24) is 15.3 Å². The molecule has 0 fully saturated rings. The maximum Gasteiger partial charge on any atom is 0.270 e. The van der Waals surface area contributed by atoms with Crippen LogP contribution in [-0.2, 0) is 6.54 Å². The van der Waals surface area contributed by atoms with E-state index < -0.39 is 0 Å². The van der Waals surface area contributed by atoms with E-state index in [-0.39, 0.29) is 5.91 Å². The number of nitrogens with zero attached hydrogens (tertiary/aromatic N) is 1. The summed E-state index contributed by atoms with van der Waals surface area (Å²) in [4.78, 5) is 19.9. The summed E-state index contributed by atoms with van der Waals surface area (Å²) in [7, 11) is 0. The van der Waals surface area contributed by atoms with Gasteiger partial charge in [0.05, 0.1) is 11.7 Å². The van der Waals surface area contributed by atoms with Gasteiger partial charge in [-0.1, -0.05) is 41.9 Å². The Labute approximate surface area is 143 Å². The Hall–Kier alpha value is -2.85. The molecule has 0 saturated carbocycles. The molecule has 118 valence electrons. The number of nitrogens with one attached hydrogen (secondary N) is 2. The zero-order valence-electron chi connectivity index (χ0n) is 12.7. The zero-order chi connectivity index (χ0) is 16.5. The van der Waals surface area contributed by atoms with Crippen LogP contribution in [0.3, 0.4) is 0 Å². The number of fused-ring (bicyclic) bond motifs is 3. The SMILES string of the molecule is O=C(NCc1cccc(Cl)c1)c1cc2c(cn1)[nH]c1ccccc12. The Bertz CT molecular complexity index is 1050. The lowest BCUT2D eigenvalue weighted by molar-refractivity contribution is 0.0946. The molecule has 4 rings (SSSR count). The van der Waals surface area contributed by atoms with Crippen LogP contribution in [0.2, 0.25) is 5.02 Å². The van der Waals surface area contributed by atoms with Gasteiger partial charge in [0.15, 0.2) is 0 Å². The molecule has 0 aliphatic rings. The summed E-state index contributed by atoms with van der Waals surface area (Å²) >= 11 is 5.96. The summed E-state index contributed by atoms with van der Waals surface area (Å²) in [6, 6.07) is 17.2. The van der Waals surface area contributed by atoms with Crippen LogP contribution in [0.1, 0.15) is 16.1 Å². The number of pyridine rings is 1. The van der Waals surface area contributed by atoms with Gasteiger partial charge in [0.25, 0.3) is 5.91 Å². The van der Waals surface area contributed by atoms with E-state index in [4.69, 9.17) is 11.6 Å². The first-order chi connectivity index (χ1) is 11.7. The number of benzene rings is 2. The van der Waals surface area contributed by atoms with Gasteiger partial charge in [-0.2, -0.15) is 0 Å². The first kappa shape index (κ1) is 14.7. The highest BCUT2D eigenvalue weighted by Crippen LogP contribution is 2.25. The third kappa shape index (κ3) is 2.72. The minimum atomic E-state index is -0.206. The van der Waals surface area contributed by atoms with E-state index in [0.717, 1.165) is 27.4 Å². The van der Waals surface area contributed by atoms with E-state index in [1.807, 2.05) is 48.5 Å². The zero-order valence-corrected chi connectivity index (χ0v) is 13.5. The molecule has 2 heterocycles. The van der Waals surface area contributed by atoms with Crippen LogP contribution in [0, 0.1) is 0 Å². The quantitative estimate of drug-likeness (QED) is 0.586. The summed E-state index contributed by atoms with van der Waals surface area (Å²) in [6.45, 7) is 0.410. The van der Waals surface area contributed by atoms with E-state index in [0.29, 0.717) is 17.3 Å². The van der Waals surface area contributed by atoms with Crippen molar-refractivity contribution in [3.05, 3.63) is 77.1 Å². The lowest BCUT2D eigenvalue weighted by Crippen LogP contribution is -2.23. The molecule has 4 aromatic rings. The van der Waals surface area contributed by atoms with E-state index in [1.54, 1.807) is 12.3 Å². The molecule has 1 amide bonds. The van der Waals surface area contributed by atoms with Gasteiger partial charge < -0.3 is 10.3 Å². The third-order valence-electron chi connectivity index (χ3n) is 3.97. The van der Waals surface area contributed by atoms with Gasteiger partial charge in [0, 0.05) is 27.9 Å². The topological polar surface area (TPSA) is 57.8 Å². The number of hydrogen-bond donors (Lipinski definition) is 2. The summed E-state index contributed by atoms with van der Waals surface area (Å²) in [6.07, 6.45) is 1.70. The van der Waals surface area contributed by atoms with Crippen molar-refractivity contribution in [3.8, 4) is 0 Å². The molecule has 2 N–H and O–H groups in total. The number of carbonyl (C=O) groups is 1. The van der Waals surface area contributed by atoms with E-state index in [9.17, 15) is 4.79 Å². The third-order valence-corrected chi connectivity index (χ3v) is 4.20. The smallest absolute Gasteiger partial charge is 0.270 e. The lowest BCUT2D eigenvalue weighted by Gasteiger charge is -2.05. The predicted octanol–water partition coefficient (Wildman–Crippen LogP) is 4.30. The molecule has 0 saturated heterocycles. The maximum absolute atomic E-state index is 12.4. The number of carbonyl (C=O) groups excluding carboxylic acids is 1. The summed E-state index contributed by atoms with van der Waals surface area (Å²) in [5.41, 5.74) is 3.30. The first-order valence-electron chi connectivity index (χ1n) is 7.60. The predicted molar refractivity (Wildman–Crippen MR) is 96.2 cm³/mol. The molecule has 0 unspecified atom stereocenters. The molecule has 5 heteroatoms. The average molecular weight is 336 g/mol. The molecule has 24 heavy (non-hydrogen) atoms. The molecular weight excluding hydrogens is 322 g/mol. The summed E-state index contributed by atoms with van der Waals surface area (Å²) in [5.74, 6) is -0.206. The van der Waals surface area contributed by atoms with E-state index in [2.05, 4.69) is 15.3 Å². The number of halogens is 1. The van der Waals surface area contributed by atoms with Gasteiger partial charge in [-0.05, 0) is 29.8 Å². The van der Waals surface area contributed by atoms with Gasteiger partial charge in [0.2, 0.25) is 0 Å². The second-order valence-electron chi connectivity index (χ2n) is 5.60. The molecule has 0 radical (unpaired) electrons. The number of aromatic amines is 1. The number of para-hydroxylation sites is 1.